The van der Waals surface area contributed by atoms with Crippen molar-refractivity contribution in [2.24, 2.45) is 0 Å². The van der Waals surface area contributed by atoms with E-state index in [-0.39, 0.29) is 12.6 Å². The zero-order valence-electron chi connectivity index (χ0n) is 13.8. The Kier molecular flexibility index (Phi) is 7.67. The van der Waals surface area contributed by atoms with E-state index in [2.05, 4.69) is 6.07 Å². The number of aliphatic hydroxyl groups excluding tert-OH is 2. The number of hydrogen-bond acceptors (Lipinski definition) is 4. The topological polar surface area (TPSA) is 67.5 Å². The molecule has 0 amide bonds. The molecule has 2 rings (SSSR count). The third kappa shape index (κ3) is 4.94. The van der Waals surface area contributed by atoms with Crippen molar-refractivity contribution < 1.29 is 23.4 Å². The zero-order chi connectivity index (χ0) is 18.3. The predicted molar refractivity (Wildman–Crippen MR) is 84.0 cm³/mol. The van der Waals surface area contributed by atoms with Gasteiger partial charge in [-0.05, 0) is 30.5 Å². The number of aliphatic hydroxyl groups is 2. The Morgan fingerprint density at radius 3 is 2.33 bits per heavy atom. The smallest absolute Gasteiger partial charge is 0.395 e. The number of alkyl halides is 3. The largest absolute Gasteiger partial charge is 0.416 e. The molecule has 134 valence electrons. The van der Waals surface area contributed by atoms with Crippen molar-refractivity contribution in [1.82, 2.24) is 4.90 Å². The van der Waals surface area contributed by atoms with Crippen LogP contribution in [0.4, 0.5) is 13.2 Å². The van der Waals surface area contributed by atoms with Gasteiger partial charge in [-0.3, -0.25) is 4.90 Å². The summed E-state index contributed by atoms with van der Waals surface area (Å²) in [6.45, 7) is 4.20. The summed E-state index contributed by atoms with van der Waals surface area (Å²) < 4.78 is 37.7. The van der Waals surface area contributed by atoms with E-state index in [9.17, 15) is 28.6 Å². The van der Waals surface area contributed by atoms with E-state index in [1.54, 1.807) is 4.90 Å². The molecule has 4 nitrogen and oxygen atoms in total. The second kappa shape index (κ2) is 9.02. The summed E-state index contributed by atoms with van der Waals surface area (Å²) in [6, 6.07) is 5.43. The second-order valence-corrected chi connectivity index (χ2v) is 5.40. The first-order valence-corrected chi connectivity index (χ1v) is 7.98. The third-order valence-electron chi connectivity index (χ3n) is 3.95. The van der Waals surface area contributed by atoms with Gasteiger partial charge in [0.1, 0.15) is 6.04 Å². The lowest BCUT2D eigenvalue weighted by Gasteiger charge is -2.39. The molecule has 24 heavy (non-hydrogen) atoms. The van der Waals surface area contributed by atoms with Gasteiger partial charge in [0, 0.05) is 12.6 Å². The lowest BCUT2D eigenvalue weighted by atomic mass is 9.95. The molecular weight excluding hydrogens is 321 g/mol. The maximum Gasteiger partial charge on any atom is 0.416 e. The molecule has 1 heterocycles. The molecule has 1 aromatic rings. The molecule has 1 aliphatic heterocycles. The summed E-state index contributed by atoms with van der Waals surface area (Å²) >= 11 is 0. The molecule has 0 radical (unpaired) electrons. The number of hydrogen-bond donors (Lipinski definition) is 2. The van der Waals surface area contributed by atoms with Crippen LogP contribution >= 0.6 is 0 Å². The Balaban J connectivity index is 0.00000139. The maximum atomic E-state index is 12.6. The fourth-order valence-corrected chi connectivity index (χ4v) is 2.76. The first kappa shape index (κ1) is 20.4. The average Bonchev–Trinajstić information content (AvgIpc) is 2.58. The van der Waals surface area contributed by atoms with Gasteiger partial charge in [0.05, 0.1) is 24.3 Å². The van der Waals surface area contributed by atoms with Crippen molar-refractivity contribution in [3.63, 3.8) is 0 Å². The van der Waals surface area contributed by atoms with E-state index in [0.29, 0.717) is 24.9 Å². The van der Waals surface area contributed by atoms with Crippen LogP contribution in [0.2, 0.25) is 0 Å². The van der Waals surface area contributed by atoms with Gasteiger partial charge in [-0.2, -0.15) is 18.4 Å². The van der Waals surface area contributed by atoms with E-state index >= 15 is 0 Å². The fraction of sp³-hybridized carbons (Fsp3) is 0.588. The minimum atomic E-state index is -4.41. The molecule has 1 aromatic carbocycles. The Morgan fingerprint density at radius 2 is 1.88 bits per heavy atom. The fourth-order valence-electron chi connectivity index (χ4n) is 2.76. The summed E-state index contributed by atoms with van der Waals surface area (Å²) in [5.41, 5.74) is -0.314. The van der Waals surface area contributed by atoms with Gasteiger partial charge in [-0.15, -0.1) is 0 Å². The highest BCUT2D eigenvalue weighted by atomic mass is 19.4. The molecule has 0 aromatic heterocycles. The number of benzene rings is 1. The van der Waals surface area contributed by atoms with Crippen molar-refractivity contribution in [3.8, 4) is 6.07 Å². The number of rotatable bonds is 3. The van der Waals surface area contributed by atoms with Gasteiger partial charge >= 0.3 is 6.18 Å². The van der Waals surface area contributed by atoms with Crippen LogP contribution in [-0.2, 0) is 6.18 Å². The first-order valence-electron chi connectivity index (χ1n) is 7.98. The van der Waals surface area contributed by atoms with E-state index in [4.69, 9.17) is 0 Å². The molecule has 3 atom stereocenters. The van der Waals surface area contributed by atoms with E-state index in [0.717, 1.165) is 12.1 Å². The minimum absolute atomic E-state index is 0.212. The number of piperidine rings is 1. The summed E-state index contributed by atoms with van der Waals surface area (Å²) in [5, 5.41) is 28.4. The minimum Gasteiger partial charge on any atom is -0.395 e. The summed E-state index contributed by atoms with van der Waals surface area (Å²) in [4.78, 5) is 1.73. The van der Waals surface area contributed by atoms with Crippen LogP contribution in [0.15, 0.2) is 24.3 Å². The van der Waals surface area contributed by atoms with Crippen LogP contribution < -0.4 is 0 Å². The molecule has 1 saturated heterocycles. The van der Waals surface area contributed by atoms with Crippen LogP contribution in [0.5, 0.6) is 0 Å². The molecule has 0 saturated carbocycles. The van der Waals surface area contributed by atoms with Gasteiger partial charge < -0.3 is 10.2 Å². The van der Waals surface area contributed by atoms with Crippen LogP contribution in [0.25, 0.3) is 0 Å². The SMILES string of the molecule is CC.N#CC(c1ccc(C(F)(F)F)cc1)N1CCC(O)CC1CO. The standard InChI is InChI=1S/C15H17F3N2O2.C2H6/c16-15(17,18)11-3-1-10(2-4-11)14(8-19)20-6-5-13(22)7-12(20)9-21;1-2/h1-4,12-14,21-22H,5-7,9H2;1-2H3. The molecule has 7 heteroatoms. The van der Waals surface area contributed by atoms with Crippen molar-refractivity contribution in [3.05, 3.63) is 35.4 Å². The Bertz CT molecular complexity index is 540. The monoisotopic (exact) mass is 344 g/mol. The molecule has 2 N–H and O–H groups in total. The van der Waals surface area contributed by atoms with Crippen molar-refractivity contribution in [2.45, 2.75) is 51.1 Å². The summed E-state index contributed by atoms with van der Waals surface area (Å²) in [6.07, 6.45) is -4.13. The number of halogens is 3. The highest BCUT2D eigenvalue weighted by Crippen LogP contribution is 2.32. The highest BCUT2D eigenvalue weighted by Gasteiger charge is 2.34. The number of nitriles is 1. The molecule has 1 fully saturated rings. The molecule has 3 unspecified atom stereocenters. The zero-order valence-corrected chi connectivity index (χ0v) is 13.8. The average molecular weight is 344 g/mol. The highest BCUT2D eigenvalue weighted by molar-refractivity contribution is 5.30. The normalized spacial score (nSPS) is 22.9. The molecule has 0 spiro atoms. The van der Waals surface area contributed by atoms with Crippen molar-refractivity contribution in [1.29, 1.82) is 5.26 Å². The quantitative estimate of drug-likeness (QED) is 0.884. The van der Waals surface area contributed by atoms with Crippen molar-refractivity contribution >= 4 is 0 Å². The van der Waals surface area contributed by atoms with Gasteiger partial charge in [0.15, 0.2) is 0 Å². The van der Waals surface area contributed by atoms with Gasteiger partial charge in [-0.25, -0.2) is 0 Å². The van der Waals surface area contributed by atoms with Crippen molar-refractivity contribution in [2.75, 3.05) is 13.2 Å². The predicted octanol–water partition coefficient (Wildman–Crippen LogP) is 3.11. The first-order chi connectivity index (χ1) is 11.4. The molecule has 0 aliphatic carbocycles. The number of likely N-dealkylation sites (tertiary alicyclic amines) is 1. The lowest BCUT2D eigenvalue weighted by molar-refractivity contribution is -0.137. The van der Waals surface area contributed by atoms with E-state index in [1.807, 2.05) is 13.8 Å². The van der Waals surface area contributed by atoms with Gasteiger partial charge in [0.25, 0.3) is 0 Å². The third-order valence-corrected chi connectivity index (χ3v) is 3.95. The van der Waals surface area contributed by atoms with Crippen LogP contribution in [0.3, 0.4) is 0 Å². The second-order valence-electron chi connectivity index (χ2n) is 5.40. The van der Waals surface area contributed by atoms with E-state index < -0.39 is 23.9 Å². The number of nitrogens with zero attached hydrogens (tertiary/aromatic N) is 2. The maximum absolute atomic E-state index is 12.6. The molecule has 1 aliphatic rings. The Labute approximate surface area is 140 Å². The Morgan fingerprint density at radius 1 is 1.29 bits per heavy atom. The molecule has 0 bridgehead atoms. The molecular formula is C17H23F3N2O2. The Hall–Kier alpha value is -1.62. The van der Waals surface area contributed by atoms with Crippen LogP contribution in [-0.4, -0.2) is 40.4 Å². The van der Waals surface area contributed by atoms with Crippen LogP contribution in [0, 0.1) is 11.3 Å². The van der Waals surface area contributed by atoms with Crippen LogP contribution in [0.1, 0.15) is 43.9 Å². The van der Waals surface area contributed by atoms with Gasteiger partial charge in [-0.1, -0.05) is 26.0 Å². The van der Waals surface area contributed by atoms with E-state index in [1.165, 1.54) is 12.1 Å². The summed E-state index contributed by atoms with van der Waals surface area (Å²) in [7, 11) is 0. The summed E-state index contributed by atoms with van der Waals surface area (Å²) in [5.74, 6) is 0. The lowest BCUT2D eigenvalue weighted by Crippen LogP contribution is -2.47. The van der Waals surface area contributed by atoms with Gasteiger partial charge in [0.2, 0.25) is 0 Å².